The second-order valence-electron chi connectivity index (χ2n) is 5.30. The van der Waals surface area contributed by atoms with Gasteiger partial charge in [0, 0.05) is 23.2 Å². The van der Waals surface area contributed by atoms with E-state index >= 15 is 0 Å². The molecule has 0 saturated heterocycles. The van der Waals surface area contributed by atoms with Gasteiger partial charge in [0.1, 0.15) is 5.75 Å². The molecule has 0 amide bonds. The summed E-state index contributed by atoms with van der Waals surface area (Å²) in [5.41, 5.74) is 8.75. The van der Waals surface area contributed by atoms with Crippen LogP contribution in [0.3, 0.4) is 0 Å². The van der Waals surface area contributed by atoms with Crippen molar-refractivity contribution in [3.63, 3.8) is 0 Å². The number of fused-ring (bicyclic) bond motifs is 1. The Kier molecular flexibility index (Phi) is 4.41. The molecular formula is C15H19ClN4O. The second-order valence-corrected chi connectivity index (χ2v) is 5.74. The Bertz CT molecular complexity index is 626. The summed E-state index contributed by atoms with van der Waals surface area (Å²) in [4.78, 5) is 0. The number of nitrogens with zero attached hydrogens (tertiary/aromatic N) is 3. The molecular weight excluding hydrogens is 288 g/mol. The highest BCUT2D eigenvalue weighted by Crippen LogP contribution is 2.33. The minimum Gasteiger partial charge on any atom is -0.493 e. The quantitative estimate of drug-likeness (QED) is 0.831. The Labute approximate surface area is 129 Å². The number of rotatable bonds is 6. The molecule has 2 N–H and O–H groups in total. The van der Waals surface area contributed by atoms with Crippen molar-refractivity contribution in [1.29, 1.82) is 0 Å². The van der Waals surface area contributed by atoms with Gasteiger partial charge in [-0.15, -0.1) is 5.10 Å². The van der Waals surface area contributed by atoms with Crippen molar-refractivity contribution >= 4 is 11.6 Å². The summed E-state index contributed by atoms with van der Waals surface area (Å²) in [6.07, 6.45) is 5.89. The number of hydrogen-bond acceptors (Lipinski definition) is 4. The van der Waals surface area contributed by atoms with Gasteiger partial charge in [-0.05, 0) is 43.5 Å². The third-order valence-corrected chi connectivity index (χ3v) is 3.85. The van der Waals surface area contributed by atoms with E-state index in [9.17, 15) is 0 Å². The van der Waals surface area contributed by atoms with E-state index in [1.807, 2.05) is 23.0 Å². The van der Waals surface area contributed by atoms with E-state index in [1.165, 1.54) is 5.56 Å². The number of ether oxygens (including phenoxy) is 1. The predicted molar refractivity (Wildman–Crippen MR) is 81.8 cm³/mol. The molecule has 0 unspecified atom stereocenters. The lowest BCUT2D eigenvalue weighted by Gasteiger charge is -2.08. The first kappa shape index (κ1) is 14.4. The molecule has 2 aromatic rings. The molecule has 1 aromatic heterocycles. The summed E-state index contributed by atoms with van der Waals surface area (Å²) in [5.74, 6) is 0.958. The predicted octanol–water partition coefficient (Wildman–Crippen LogP) is 2.20. The molecule has 21 heavy (non-hydrogen) atoms. The normalized spacial score (nSPS) is 13.2. The zero-order chi connectivity index (χ0) is 14.7. The fourth-order valence-electron chi connectivity index (χ4n) is 2.62. The molecule has 0 fully saturated rings. The number of halogens is 1. The third kappa shape index (κ3) is 3.36. The van der Waals surface area contributed by atoms with Crippen LogP contribution >= 0.6 is 11.6 Å². The Hall–Kier alpha value is -1.59. The monoisotopic (exact) mass is 306 g/mol. The van der Waals surface area contributed by atoms with Crippen LogP contribution in [-0.2, 0) is 19.4 Å². The van der Waals surface area contributed by atoms with Crippen LogP contribution in [0.4, 0.5) is 0 Å². The molecule has 6 heteroatoms. The van der Waals surface area contributed by atoms with E-state index in [2.05, 4.69) is 10.3 Å². The molecule has 0 bridgehead atoms. The highest BCUT2D eigenvalue weighted by atomic mass is 35.5. The van der Waals surface area contributed by atoms with Crippen LogP contribution in [0.2, 0.25) is 5.02 Å². The lowest BCUT2D eigenvalue weighted by Crippen LogP contribution is -2.02. The van der Waals surface area contributed by atoms with E-state index in [0.29, 0.717) is 6.54 Å². The van der Waals surface area contributed by atoms with Gasteiger partial charge in [0.05, 0.1) is 18.8 Å². The molecule has 0 aliphatic carbocycles. The zero-order valence-corrected chi connectivity index (χ0v) is 12.6. The van der Waals surface area contributed by atoms with Crippen molar-refractivity contribution < 1.29 is 4.74 Å². The van der Waals surface area contributed by atoms with Crippen molar-refractivity contribution in [2.24, 2.45) is 5.73 Å². The van der Waals surface area contributed by atoms with Crippen LogP contribution in [0.15, 0.2) is 18.3 Å². The van der Waals surface area contributed by atoms with E-state index in [0.717, 1.165) is 60.9 Å². The number of hydrogen-bond donors (Lipinski definition) is 1. The molecule has 0 atom stereocenters. The van der Waals surface area contributed by atoms with Gasteiger partial charge in [-0.3, -0.25) is 0 Å². The topological polar surface area (TPSA) is 66.0 Å². The summed E-state index contributed by atoms with van der Waals surface area (Å²) in [7, 11) is 0. The zero-order valence-electron chi connectivity index (χ0n) is 11.9. The van der Waals surface area contributed by atoms with Gasteiger partial charge in [-0.1, -0.05) is 16.8 Å². The number of unbranched alkanes of at least 4 members (excludes halogenated alkanes) is 1. The van der Waals surface area contributed by atoms with Crippen molar-refractivity contribution in [1.82, 2.24) is 15.0 Å². The Balaban J connectivity index is 1.72. The molecule has 1 aromatic carbocycles. The molecule has 5 nitrogen and oxygen atoms in total. The molecule has 2 heterocycles. The summed E-state index contributed by atoms with van der Waals surface area (Å²) >= 11 is 6.17. The van der Waals surface area contributed by atoms with E-state index in [4.69, 9.17) is 22.1 Å². The molecule has 3 rings (SSSR count). The first-order chi connectivity index (χ1) is 10.3. The lowest BCUT2D eigenvalue weighted by molar-refractivity contribution is 0.352. The maximum absolute atomic E-state index is 6.17. The molecule has 0 radical (unpaired) electrons. The van der Waals surface area contributed by atoms with Crippen molar-refractivity contribution in [2.75, 3.05) is 13.2 Å². The van der Waals surface area contributed by atoms with Crippen LogP contribution in [0.25, 0.3) is 0 Å². The first-order valence-corrected chi connectivity index (χ1v) is 7.67. The molecule has 0 spiro atoms. The average molecular weight is 307 g/mol. The number of nitrogens with two attached hydrogens (primary N) is 1. The molecule has 112 valence electrons. The lowest BCUT2D eigenvalue weighted by atomic mass is 10.1. The summed E-state index contributed by atoms with van der Waals surface area (Å²) in [6, 6.07) is 3.93. The van der Waals surface area contributed by atoms with E-state index in [1.54, 1.807) is 0 Å². The second kappa shape index (κ2) is 6.45. The highest BCUT2D eigenvalue weighted by Gasteiger charge is 2.18. The standard InChI is InChI=1S/C15H19ClN4O/c16-13-7-11-4-6-21-15(11)12(8-13)9-20-10-14(18-19-20)3-1-2-5-17/h7-8,10H,1-6,9,17H2. The van der Waals surface area contributed by atoms with Crippen LogP contribution in [0, 0.1) is 0 Å². The van der Waals surface area contributed by atoms with Gasteiger partial charge in [-0.2, -0.15) is 0 Å². The van der Waals surface area contributed by atoms with E-state index in [-0.39, 0.29) is 0 Å². The minimum absolute atomic E-state index is 0.632. The average Bonchev–Trinajstić information content (AvgIpc) is 3.08. The fourth-order valence-corrected chi connectivity index (χ4v) is 2.88. The summed E-state index contributed by atoms with van der Waals surface area (Å²) in [6.45, 7) is 2.08. The Morgan fingerprint density at radius 2 is 2.24 bits per heavy atom. The van der Waals surface area contributed by atoms with Crippen LogP contribution in [0.1, 0.15) is 29.7 Å². The van der Waals surface area contributed by atoms with Gasteiger partial charge >= 0.3 is 0 Å². The Morgan fingerprint density at radius 1 is 1.33 bits per heavy atom. The smallest absolute Gasteiger partial charge is 0.127 e. The van der Waals surface area contributed by atoms with Gasteiger partial charge in [0.15, 0.2) is 0 Å². The third-order valence-electron chi connectivity index (χ3n) is 3.63. The number of aryl methyl sites for hydroxylation is 1. The molecule has 1 aliphatic heterocycles. The maximum atomic E-state index is 6.17. The highest BCUT2D eigenvalue weighted by molar-refractivity contribution is 6.30. The van der Waals surface area contributed by atoms with Crippen LogP contribution < -0.4 is 10.5 Å². The van der Waals surface area contributed by atoms with Crippen molar-refractivity contribution in [3.05, 3.63) is 40.2 Å². The van der Waals surface area contributed by atoms with Crippen LogP contribution in [-0.4, -0.2) is 28.1 Å². The number of aromatic nitrogens is 3. The van der Waals surface area contributed by atoms with Gasteiger partial charge in [0.2, 0.25) is 0 Å². The van der Waals surface area contributed by atoms with E-state index < -0.39 is 0 Å². The van der Waals surface area contributed by atoms with Gasteiger partial charge in [0.25, 0.3) is 0 Å². The molecule has 0 saturated carbocycles. The maximum Gasteiger partial charge on any atom is 0.127 e. The van der Waals surface area contributed by atoms with Crippen LogP contribution in [0.5, 0.6) is 5.75 Å². The largest absolute Gasteiger partial charge is 0.493 e. The summed E-state index contributed by atoms with van der Waals surface area (Å²) in [5, 5.41) is 9.13. The van der Waals surface area contributed by atoms with Gasteiger partial charge in [-0.25, -0.2) is 4.68 Å². The SMILES string of the molecule is NCCCCc1cn(Cc2cc(Cl)cc3c2OCC3)nn1. The number of benzene rings is 1. The minimum atomic E-state index is 0.632. The van der Waals surface area contributed by atoms with Gasteiger partial charge < -0.3 is 10.5 Å². The molecule has 1 aliphatic rings. The fraction of sp³-hybridized carbons (Fsp3) is 0.467. The van der Waals surface area contributed by atoms with Crippen molar-refractivity contribution in [2.45, 2.75) is 32.2 Å². The summed E-state index contributed by atoms with van der Waals surface area (Å²) < 4.78 is 7.55. The Morgan fingerprint density at radius 3 is 3.10 bits per heavy atom. The van der Waals surface area contributed by atoms with Crippen molar-refractivity contribution in [3.8, 4) is 5.75 Å². The first-order valence-electron chi connectivity index (χ1n) is 7.29.